The van der Waals surface area contributed by atoms with Crippen molar-refractivity contribution in [3.8, 4) is 28.7 Å². The van der Waals surface area contributed by atoms with E-state index in [-0.39, 0.29) is 33.1 Å². The van der Waals surface area contributed by atoms with Gasteiger partial charge < -0.3 is 9.52 Å². The summed E-state index contributed by atoms with van der Waals surface area (Å²) in [5.41, 5.74) is 0.533. The minimum atomic E-state index is -4.88. The molecule has 3 aromatic rings. The Morgan fingerprint density at radius 1 is 1.08 bits per heavy atom. The highest BCUT2D eigenvalue weighted by Gasteiger charge is 2.19. The minimum Gasteiger partial charge on any atom is -0.505 e. The molecule has 3 rings (SSSR count). The summed E-state index contributed by atoms with van der Waals surface area (Å²) in [5.74, 6) is -0.303. The van der Waals surface area contributed by atoms with Gasteiger partial charge in [0, 0.05) is 10.0 Å². The molecule has 25 heavy (non-hydrogen) atoms. The molecule has 0 saturated carbocycles. The molecule has 0 atom stereocenters. The normalized spacial score (nSPS) is 11.7. The third-order valence-corrected chi connectivity index (χ3v) is 5.22. The highest BCUT2D eigenvalue weighted by molar-refractivity contribution is 9.10. The maximum absolute atomic E-state index is 13.2. The number of benzene rings is 2. The third kappa shape index (κ3) is 3.64. The van der Waals surface area contributed by atoms with Crippen molar-refractivity contribution in [2.75, 3.05) is 0 Å². The van der Waals surface area contributed by atoms with Gasteiger partial charge in [0.1, 0.15) is 0 Å². The number of phenols is 1. The number of halogens is 4. The summed E-state index contributed by atoms with van der Waals surface area (Å²) in [6, 6.07) is 6.25. The van der Waals surface area contributed by atoms with Crippen LogP contribution in [0.5, 0.6) is 5.75 Å². The molecule has 0 spiro atoms. The standard InChI is InChI=1S/C14H6BrCl2FN2O4S/c15-9-2-1-7(25(18,22)23)5-8(9)14-20-19-13(24-14)6-3-10(16)12(21)11(17)4-6/h1-5,21H. The Hall–Kier alpha value is -1.68. The van der Waals surface area contributed by atoms with E-state index in [0.717, 1.165) is 12.1 Å². The van der Waals surface area contributed by atoms with Gasteiger partial charge in [-0.3, -0.25) is 0 Å². The van der Waals surface area contributed by atoms with Crippen LogP contribution >= 0.6 is 39.1 Å². The van der Waals surface area contributed by atoms with Crippen LogP contribution in [0.3, 0.4) is 0 Å². The summed E-state index contributed by atoms with van der Waals surface area (Å²) in [6.45, 7) is 0. The maximum atomic E-state index is 13.2. The molecule has 6 nitrogen and oxygen atoms in total. The summed E-state index contributed by atoms with van der Waals surface area (Å²) in [7, 11) is -4.88. The number of aromatic hydroxyl groups is 1. The first-order chi connectivity index (χ1) is 11.7. The molecule has 0 aliphatic carbocycles. The van der Waals surface area contributed by atoms with Gasteiger partial charge in [0.2, 0.25) is 11.8 Å². The smallest absolute Gasteiger partial charge is 0.332 e. The zero-order chi connectivity index (χ0) is 18.4. The van der Waals surface area contributed by atoms with Crippen LogP contribution in [0.15, 0.2) is 44.1 Å². The van der Waals surface area contributed by atoms with Crippen LogP contribution in [0, 0.1) is 0 Å². The highest BCUT2D eigenvalue weighted by atomic mass is 79.9. The molecular weight excluding hydrogens is 462 g/mol. The first-order valence-electron chi connectivity index (χ1n) is 6.43. The van der Waals surface area contributed by atoms with Crippen LogP contribution < -0.4 is 0 Å². The lowest BCUT2D eigenvalue weighted by molar-refractivity contribution is 0.476. The van der Waals surface area contributed by atoms with Crippen molar-refractivity contribution in [2.45, 2.75) is 4.90 Å². The third-order valence-electron chi connectivity index (χ3n) is 3.14. The van der Waals surface area contributed by atoms with Gasteiger partial charge in [-0.25, -0.2) is 0 Å². The molecule has 0 radical (unpaired) electrons. The number of phenolic OH excluding ortho intramolecular Hbond substituents is 1. The van der Waals surface area contributed by atoms with Crippen LogP contribution in [-0.2, 0) is 10.2 Å². The summed E-state index contributed by atoms with van der Waals surface area (Å²) in [5, 5.41) is 17.2. The van der Waals surface area contributed by atoms with E-state index < -0.39 is 15.1 Å². The second kappa shape index (κ2) is 6.56. The van der Waals surface area contributed by atoms with E-state index >= 15 is 0 Å². The molecule has 1 heterocycles. The zero-order valence-corrected chi connectivity index (χ0v) is 15.8. The number of aromatic nitrogens is 2. The Balaban J connectivity index is 2.08. The molecule has 11 heteroatoms. The molecule has 0 aliphatic rings. The Morgan fingerprint density at radius 2 is 1.68 bits per heavy atom. The molecule has 0 amide bonds. The van der Waals surface area contributed by atoms with Crippen molar-refractivity contribution in [3.05, 3.63) is 44.8 Å². The molecule has 0 bridgehead atoms. The first kappa shape index (κ1) is 18.1. The number of hydrogen-bond donors (Lipinski definition) is 1. The number of rotatable bonds is 3. The molecular formula is C14H6BrCl2FN2O4S. The summed E-state index contributed by atoms with van der Waals surface area (Å²) in [4.78, 5) is -0.541. The predicted molar refractivity (Wildman–Crippen MR) is 92.8 cm³/mol. The van der Waals surface area contributed by atoms with Crippen LogP contribution in [0.1, 0.15) is 0 Å². The monoisotopic (exact) mass is 466 g/mol. The molecule has 0 fully saturated rings. The number of hydrogen-bond acceptors (Lipinski definition) is 6. The van der Waals surface area contributed by atoms with E-state index in [4.69, 9.17) is 27.6 Å². The van der Waals surface area contributed by atoms with Gasteiger partial charge in [-0.1, -0.05) is 23.2 Å². The average Bonchev–Trinajstić information content (AvgIpc) is 3.01. The largest absolute Gasteiger partial charge is 0.505 e. The van der Waals surface area contributed by atoms with Crippen LogP contribution in [-0.4, -0.2) is 23.7 Å². The van der Waals surface area contributed by atoms with E-state index in [0.29, 0.717) is 10.0 Å². The Morgan fingerprint density at radius 3 is 2.28 bits per heavy atom. The molecule has 1 N–H and O–H groups in total. The fourth-order valence-corrected chi connectivity index (χ4v) is 3.35. The van der Waals surface area contributed by atoms with Gasteiger partial charge in [0.05, 0.1) is 20.5 Å². The molecule has 0 aliphatic heterocycles. The van der Waals surface area contributed by atoms with Crippen molar-refractivity contribution in [2.24, 2.45) is 0 Å². The Kier molecular flexibility index (Phi) is 4.76. The molecule has 130 valence electrons. The van der Waals surface area contributed by atoms with E-state index in [9.17, 15) is 17.4 Å². The lowest BCUT2D eigenvalue weighted by Gasteiger charge is -2.03. The lowest BCUT2D eigenvalue weighted by atomic mass is 10.2. The van der Waals surface area contributed by atoms with Gasteiger partial charge in [-0.05, 0) is 46.3 Å². The first-order valence-corrected chi connectivity index (χ1v) is 9.36. The maximum Gasteiger partial charge on any atom is 0.332 e. The van der Waals surface area contributed by atoms with Gasteiger partial charge in [-0.2, -0.15) is 8.42 Å². The summed E-state index contributed by atoms with van der Waals surface area (Å²) >= 11 is 14.9. The Labute approximate surface area is 159 Å². The highest BCUT2D eigenvalue weighted by Crippen LogP contribution is 2.37. The predicted octanol–water partition coefficient (Wildman–Crippen LogP) is 4.84. The fourth-order valence-electron chi connectivity index (χ4n) is 1.96. The zero-order valence-electron chi connectivity index (χ0n) is 11.9. The lowest BCUT2D eigenvalue weighted by Crippen LogP contribution is -1.93. The van der Waals surface area contributed by atoms with E-state index in [2.05, 4.69) is 26.1 Å². The fraction of sp³-hybridized carbons (Fsp3) is 0. The molecule has 2 aromatic carbocycles. The van der Waals surface area contributed by atoms with Gasteiger partial charge in [0.25, 0.3) is 0 Å². The molecule has 0 unspecified atom stereocenters. The second-order valence-electron chi connectivity index (χ2n) is 4.78. The van der Waals surface area contributed by atoms with Gasteiger partial charge in [-0.15, -0.1) is 14.1 Å². The topological polar surface area (TPSA) is 93.3 Å². The number of nitrogens with zero attached hydrogens (tertiary/aromatic N) is 2. The summed E-state index contributed by atoms with van der Waals surface area (Å²) < 4.78 is 41.2. The second-order valence-corrected chi connectivity index (χ2v) is 7.80. The minimum absolute atomic E-state index is 0.00560. The van der Waals surface area contributed by atoms with Crippen molar-refractivity contribution in [1.29, 1.82) is 0 Å². The van der Waals surface area contributed by atoms with Crippen molar-refractivity contribution in [1.82, 2.24) is 10.2 Å². The Bertz CT molecular complexity index is 1070. The SMILES string of the molecule is O=S(=O)(F)c1ccc(Br)c(-c2nnc(-c3cc(Cl)c(O)c(Cl)c3)o2)c1. The quantitative estimate of drug-likeness (QED) is 0.554. The molecule has 0 saturated heterocycles. The van der Waals surface area contributed by atoms with Crippen molar-refractivity contribution >= 4 is 49.4 Å². The van der Waals surface area contributed by atoms with E-state index in [1.807, 2.05) is 0 Å². The van der Waals surface area contributed by atoms with Gasteiger partial charge >= 0.3 is 10.2 Å². The van der Waals surface area contributed by atoms with Crippen LogP contribution in [0.2, 0.25) is 10.0 Å². The van der Waals surface area contributed by atoms with Crippen molar-refractivity contribution in [3.63, 3.8) is 0 Å². The van der Waals surface area contributed by atoms with Gasteiger partial charge in [0.15, 0.2) is 5.75 Å². The van der Waals surface area contributed by atoms with E-state index in [1.54, 1.807) is 0 Å². The van der Waals surface area contributed by atoms with Crippen LogP contribution in [0.4, 0.5) is 3.89 Å². The van der Waals surface area contributed by atoms with Crippen molar-refractivity contribution < 1.29 is 21.8 Å². The van der Waals surface area contributed by atoms with Crippen LogP contribution in [0.25, 0.3) is 22.9 Å². The molecule has 1 aromatic heterocycles. The average molecular weight is 468 g/mol. The van der Waals surface area contributed by atoms with E-state index in [1.165, 1.54) is 18.2 Å². The summed E-state index contributed by atoms with van der Waals surface area (Å²) in [6.07, 6.45) is 0.